The Bertz CT molecular complexity index is 1660. The molecule has 0 bridgehead atoms. The maximum atomic E-state index is 15.2. The number of benzene rings is 3. The number of aromatic nitrogens is 1. The Kier molecular flexibility index (Phi) is 9.16. The Morgan fingerprint density at radius 1 is 1.09 bits per heavy atom. The van der Waals surface area contributed by atoms with E-state index >= 15 is 4.39 Å². The van der Waals surface area contributed by atoms with Gasteiger partial charge in [-0.2, -0.15) is 5.26 Å². The van der Waals surface area contributed by atoms with Crippen molar-refractivity contribution < 1.29 is 23.7 Å². The highest BCUT2D eigenvalue weighted by Crippen LogP contribution is 2.43. The Hall–Kier alpha value is -4.16. The van der Waals surface area contributed by atoms with Crippen LogP contribution in [0.4, 0.5) is 4.39 Å². The normalized spacial score (nSPS) is 14.2. The molecule has 0 saturated heterocycles. The Morgan fingerprint density at radius 3 is 2.65 bits per heavy atom. The summed E-state index contributed by atoms with van der Waals surface area (Å²) >= 11 is 6.75. The van der Waals surface area contributed by atoms with E-state index in [0.717, 1.165) is 34.2 Å². The SMILES string of the molecule is COc1cccc(-c2cccc3c2CC[C@@H]3Oc2cc(OCc3cncc(C#N)c3)c(CNCC(C)(C)O)cc2Cl)c1F. The zero-order valence-electron chi connectivity index (χ0n) is 24.3. The van der Waals surface area contributed by atoms with Gasteiger partial charge < -0.3 is 24.6 Å². The van der Waals surface area contributed by atoms with Gasteiger partial charge in [0, 0.05) is 48.2 Å². The summed E-state index contributed by atoms with van der Waals surface area (Å²) in [6, 6.07) is 18.4. The molecule has 1 aromatic heterocycles. The number of nitriles is 1. The molecule has 1 aliphatic carbocycles. The molecule has 0 spiro atoms. The predicted octanol–water partition coefficient (Wildman–Crippen LogP) is 6.93. The van der Waals surface area contributed by atoms with Gasteiger partial charge in [0.25, 0.3) is 0 Å². The monoisotopic (exact) mass is 601 g/mol. The van der Waals surface area contributed by atoms with Gasteiger partial charge in [-0.15, -0.1) is 0 Å². The van der Waals surface area contributed by atoms with Crippen LogP contribution in [0.5, 0.6) is 17.2 Å². The number of ether oxygens (including phenoxy) is 3. The van der Waals surface area contributed by atoms with Gasteiger partial charge in [-0.05, 0) is 61.6 Å². The Labute approximate surface area is 255 Å². The second-order valence-electron chi connectivity index (χ2n) is 11.1. The highest BCUT2D eigenvalue weighted by Gasteiger charge is 2.29. The molecule has 1 heterocycles. The van der Waals surface area contributed by atoms with Crippen LogP contribution in [-0.4, -0.2) is 29.3 Å². The van der Waals surface area contributed by atoms with E-state index in [1.807, 2.05) is 18.2 Å². The summed E-state index contributed by atoms with van der Waals surface area (Å²) < 4.78 is 33.1. The number of nitrogens with one attached hydrogen (secondary N) is 1. The average molecular weight is 602 g/mol. The van der Waals surface area contributed by atoms with Crippen molar-refractivity contribution in [3.8, 4) is 34.4 Å². The fraction of sp³-hybridized carbons (Fsp3) is 0.294. The number of hydrogen-bond donors (Lipinski definition) is 2. The van der Waals surface area contributed by atoms with Crippen LogP contribution in [0.15, 0.2) is 67.0 Å². The van der Waals surface area contributed by atoms with Crippen LogP contribution >= 0.6 is 11.6 Å². The molecule has 1 aliphatic rings. The lowest BCUT2D eigenvalue weighted by atomic mass is 9.96. The van der Waals surface area contributed by atoms with Gasteiger partial charge in [0.05, 0.1) is 23.3 Å². The van der Waals surface area contributed by atoms with Crippen LogP contribution < -0.4 is 19.5 Å². The summed E-state index contributed by atoms with van der Waals surface area (Å²) in [5, 5.41) is 23.0. The third-order valence-corrected chi connectivity index (χ3v) is 7.56. The lowest BCUT2D eigenvalue weighted by molar-refractivity contribution is 0.0794. The van der Waals surface area contributed by atoms with Crippen molar-refractivity contribution in [3.63, 3.8) is 0 Å². The summed E-state index contributed by atoms with van der Waals surface area (Å²) in [5.74, 6) is 0.822. The molecule has 7 nitrogen and oxygen atoms in total. The van der Waals surface area contributed by atoms with E-state index in [1.54, 1.807) is 56.4 Å². The summed E-state index contributed by atoms with van der Waals surface area (Å²) in [6.07, 6.45) is 4.28. The molecule has 0 aliphatic heterocycles. The minimum Gasteiger partial charge on any atom is -0.494 e. The minimum absolute atomic E-state index is 0.184. The molecule has 4 aromatic rings. The van der Waals surface area contributed by atoms with E-state index < -0.39 is 11.4 Å². The number of aliphatic hydroxyl groups is 1. The summed E-state index contributed by atoms with van der Waals surface area (Å²) in [7, 11) is 1.46. The molecule has 43 heavy (non-hydrogen) atoms. The van der Waals surface area contributed by atoms with E-state index in [0.29, 0.717) is 47.2 Å². The fourth-order valence-corrected chi connectivity index (χ4v) is 5.48. The molecular weight excluding hydrogens is 569 g/mol. The van der Waals surface area contributed by atoms with Crippen LogP contribution in [-0.2, 0) is 19.6 Å². The molecule has 0 fully saturated rings. The van der Waals surface area contributed by atoms with E-state index in [9.17, 15) is 10.4 Å². The third kappa shape index (κ3) is 7.08. The number of halogens is 2. The molecule has 0 radical (unpaired) electrons. The lowest BCUT2D eigenvalue weighted by Gasteiger charge is -2.21. The number of fused-ring (bicyclic) bond motifs is 1. The maximum Gasteiger partial charge on any atom is 0.172 e. The van der Waals surface area contributed by atoms with Crippen molar-refractivity contribution in [1.82, 2.24) is 10.3 Å². The standard InChI is InChI=1S/C34H33ClFN3O4/c1-34(2,40)20-39-18-23-13-28(35)32(14-31(23)42-19-22-12-21(15-37)16-38-17-22)43-29-11-10-25-24(6-4-7-26(25)29)27-8-5-9-30(41-3)33(27)36/h4-9,12-14,16-17,29,39-40H,10-11,18-20H2,1-3H3/t29-/m0/s1. The summed E-state index contributed by atoms with van der Waals surface area (Å²) in [6.45, 7) is 4.40. The average Bonchev–Trinajstić information content (AvgIpc) is 3.40. The topological polar surface area (TPSA) is 96.6 Å². The zero-order valence-corrected chi connectivity index (χ0v) is 25.0. The van der Waals surface area contributed by atoms with Crippen LogP contribution in [0, 0.1) is 17.1 Å². The minimum atomic E-state index is -0.889. The number of nitrogens with zero attached hydrogens (tertiary/aromatic N) is 2. The van der Waals surface area contributed by atoms with Crippen LogP contribution in [0.25, 0.3) is 11.1 Å². The van der Waals surface area contributed by atoms with E-state index in [4.69, 9.17) is 25.8 Å². The molecule has 0 saturated carbocycles. The molecule has 2 N–H and O–H groups in total. The van der Waals surface area contributed by atoms with Gasteiger partial charge in [-0.3, -0.25) is 4.98 Å². The Morgan fingerprint density at radius 2 is 1.88 bits per heavy atom. The molecule has 1 atom stereocenters. The number of pyridine rings is 1. The highest BCUT2D eigenvalue weighted by molar-refractivity contribution is 6.32. The van der Waals surface area contributed by atoms with Gasteiger partial charge in [-0.1, -0.05) is 41.9 Å². The first-order valence-corrected chi connectivity index (χ1v) is 14.4. The highest BCUT2D eigenvalue weighted by atomic mass is 35.5. The Balaban J connectivity index is 1.42. The first-order chi connectivity index (χ1) is 20.7. The molecular formula is C34H33ClFN3O4. The van der Waals surface area contributed by atoms with Crippen molar-refractivity contribution in [3.05, 3.63) is 106 Å². The zero-order chi connectivity index (χ0) is 30.6. The third-order valence-electron chi connectivity index (χ3n) is 7.26. The van der Waals surface area contributed by atoms with Gasteiger partial charge in [0.15, 0.2) is 11.6 Å². The van der Waals surface area contributed by atoms with E-state index in [1.165, 1.54) is 13.3 Å². The van der Waals surface area contributed by atoms with Crippen molar-refractivity contribution in [1.29, 1.82) is 5.26 Å². The first-order valence-electron chi connectivity index (χ1n) is 14.0. The van der Waals surface area contributed by atoms with Gasteiger partial charge >= 0.3 is 0 Å². The quantitative estimate of drug-likeness (QED) is 0.192. The predicted molar refractivity (Wildman–Crippen MR) is 163 cm³/mol. The van der Waals surface area contributed by atoms with Crippen molar-refractivity contribution >= 4 is 11.6 Å². The number of hydrogen-bond acceptors (Lipinski definition) is 7. The second-order valence-corrected chi connectivity index (χ2v) is 11.5. The van der Waals surface area contributed by atoms with Gasteiger partial charge in [0.2, 0.25) is 0 Å². The number of rotatable bonds is 11. The second kappa shape index (κ2) is 13.0. The van der Waals surface area contributed by atoms with Crippen molar-refractivity contribution in [2.75, 3.05) is 13.7 Å². The van der Waals surface area contributed by atoms with Crippen molar-refractivity contribution in [2.24, 2.45) is 0 Å². The maximum absolute atomic E-state index is 15.2. The summed E-state index contributed by atoms with van der Waals surface area (Å²) in [4.78, 5) is 4.11. The largest absolute Gasteiger partial charge is 0.494 e. The molecule has 3 aromatic carbocycles. The number of methoxy groups -OCH3 is 1. The fourth-order valence-electron chi connectivity index (χ4n) is 5.25. The van der Waals surface area contributed by atoms with Crippen LogP contribution in [0.2, 0.25) is 5.02 Å². The molecule has 9 heteroatoms. The van der Waals surface area contributed by atoms with Gasteiger partial charge in [-0.25, -0.2) is 4.39 Å². The molecule has 0 amide bonds. The molecule has 222 valence electrons. The summed E-state index contributed by atoms with van der Waals surface area (Å²) in [5.41, 5.74) is 4.40. The van der Waals surface area contributed by atoms with Crippen LogP contribution in [0.1, 0.15) is 54.2 Å². The molecule has 5 rings (SSSR count). The van der Waals surface area contributed by atoms with Gasteiger partial charge in [0.1, 0.15) is 30.3 Å². The lowest BCUT2D eigenvalue weighted by Crippen LogP contribution is -2.34. The first kappa shape index (κ1) is 30.3. The van der Waals surface area contributed by atoms with E-state index in [-0.39, 0.29) is 18.5 Å². The van der Waals surface area contributed by atoms with Crippen molar-refractivity contribution in [2.45, 2.75) is 51.5 Å². The smallest absolute Gasteiger partial charge is 0.172 e. The molecule has 0 unspecified atom stereocenters. The van der Waals surface area contributed by atoms with E-state index in [2.05, 4.69) is 16.4 Å². The van der Waals surface area contributed by atoms with Crippen LogP contribution in [0.3, 0.4) is 0 Å².